The fourth-order valence-electron chi connectivity index (χ4n) is 5.52. The summed E-state index contributed by atoms with van der Waals surface area (Å²) in [6, 6.07) is -3.21. The molecule has 0 saturated carbocycles. The standard InChI is InChI=1S/C33H62N6O6S/c1-10-12-24(30(42)35-19-21(4)5)36-29(41)23(8)18-27(40)26(17-20(2)3)38-31(43)25(13-16-46-9)37-32(44)28(22(6)7)39-15-11-14-34-33(39)45/h20-28,40H,10-19H2,1-9H3,(H,34,45)(H,35,42)(H,36,41)(H,37,44)(H,38,43)/t23-,24+,25+,26+,27+,28+/m1/s1. The van der Waals surface area contributed by atoms with Crippen molar-refractivity contribution in [1.29, 1.82) is 0 Å². The molecule has 1 heterocycles. The summed E-state index contributed by atoms with van der Waals surface area (Å²) in [6.07, 6.45) is 3.74. The maximum atomic E-state index is 13.7. The van der Waals surface area contributed by atoms with E-state index < -0.39 is 48.0 Å². The zero-order valence-electron chi connectivity index (χ0n) is 29.6. The molecule has 6 N–H and O–H groups in total. The van der Waals surface area contributed by atoms with Crippen LogP contribution >= 0.6 is 11.8 Å². The third kappa shape index (κ3) is 14.5. The van der Waals surface area contributed by atoms with Crippen LogP contribution in [0.5, 0.6) is 0 Å². The van der Waals surface area contributed by atoms with Crippen molar-refractivity contribution >= 4 is 41.4 Å². The van der Waals surface area contributed by atoms with Crippen LogP contribution in [0.2, 0.25) is 0 Å². The van der Waals surface area contributed by atoms with Crippen LogP contribution in [0.25, 0.3) is 0 Å². The number of aliphatic hydroxyl groups is 1. The number of urea groups is 1. The number of hydrogen-bond donors (Lipinski definition) is 6. The van der Waals surface area contributed by atoms with Crippen LogP contribution in [0.1, 0.15) is 93.9 Å². The van der Waals surface area contributed by atoms with E-state index in [0.29, 0.717) is 44.6 Å². The van der Waals surface area contributed by atoms with Gasteiger partial charge in [-0.3, -0.25) is 19.2 Å². The van der Waals surface area contributed by atoms with Gasteiger partial charge in [0, 0.05) is 25.6 Å². The topological polar surface area (TPSA) is 169 Å². The lowest BCUT2D eigenvalue weighted by Gasteiger charge is -2.37. The maximum absolute atomic E-state index is 13.7. The van der Waals surface area contributed by atoms with E-state index in [1.54, 1.807) is 18.7 Å². The van der Waals surface area contributed by atoms with Gasteiger partial charge in [0.25, 0.3) is 0 Å². The van der Waals surface area contributed by atoms with E-state index in [-0.39, 0.29) is 42.0 Å². The van der Waals surface area contributed by atoms with Gasteiger partial charge in [-0.05, 0) is 61.9 Å². The quantitative estimate of drug-likeness (QED) is 0.109. The van der Waals surface area contributed by atoms with Gasteiger partial charge in [0.15, 0.2) is 0 Å². The average molecular weight is 671 g/mol. The van der Waals surface area contributed by atoms with Crippen molar-refractivity contribution in [2.75, 3.05) is 31.6 Å². The molecule has 1 saturated heterocycles. The van der Waals surface area contributed by atoms with Crippen LogP contribution in [0, 0.1) is 23.7 Å². The Hall–Kier alpha value is -2.54. The Kier molecular flexibility index (Phi) is 19.3. The first-order valence-electron chi connectivity index (χ1n) is 17.0. The van der Waals surface area contributed by atoms with Crippen LogP contribution in [-0.4, -0.2) is 102 Å². The first-order chi connectivity index (χ1) is 21.6. The second kappa shape index (κ2) is 21.4. The van der Waals surface area contributed by atoms with Gasteiger partial charge >= 0.3 is 6.03 Å². The van der Waals surface area contributed by atoms with E-state index in [2.05, 4.69) is 26.6 Å². The Bertz CT molecular complexity index is 980. The summed E-state index contributed by atoms with van der Waals surface area (Å²) in [4.78, 5) is 67.1. The van der Waals surface area contributed by atoms with Gasteiger partial charge in [-0.15, -0.1) is 0 Å². The molecule has 0 unspecified atom stereocenters. The highest BCUT2D eigenvalue weighted by molar-refractivity contribution is 7.98. The minimum absolute atomic E-state index is 0.0806. The molecule has 0 aromatic heterocycles. The highest BCUT2D eigenvalue weighted by Gasteiger charge is 2.36. The van der Waals surface area contributed by atoms with Crippen molar-refractivity contribution in [2.45, 2.75) is 124 Å². The number of carbonyl (C=O) groups is 5. The van der Waals surface area contributed by atoms with Crippen molar-refractivity contribution in [3.63, 3.8) is 0 Å². The lowest BCUT2D eigenvalue weighted by molar-refractivity contribution is -0.133. The molecule has 46 heavy (non-hydrogen) atoms. The summed E-state index contributed by atoms with van der Waals surface area (Å²) < 4.78 is 0. The van der Waals surface area contributed by atoms with Gasteiger partial charge in [-0.1, -0.05) is 61.8 Å². The second-order valence-corrected chi connectivity index (χ2v) is 14.7. The normalized spacial score (nSPS) is 17.5. The monoisotopic (exact) mass is 670 g/mol. The number of hydrogen-bond acceptors (Lipinski definition) is 7. The summed E-state index contributed by atoms with van der Waals surface area (Å²) in [5.74, 6) is -1.12. The lowest BCUT2D eigenvalue weighted by atomic mass is 9.92. The van der Waals surface area contributed by atoms with E-state index in [9.17, 15) is 29.1 Å². The molecule has 0 aliphatic carbocycles. The fraction of sp³-hybridized carbons (Fsp3) is 0.848. The first-order valence-corrected chi connectivity index (χ1v) is 18.4. The Labute approximate surface area is 281 Å². The van der Waals surface area contributed by atoms with Gasteiger partial charge in [0.2, 0.25) is 23.6 Å². The molecule has 1 fully saturated rings. The summed E-state index contributed by atoms with van der Waals surface area (Å²) in [5, 5.41) is 25.7. The SMILES string of the molecule is CCC[C@H](NC(=O)[C@H](C)C[C@H](O)[C@H](CC(C)C)NC(=O)[C@H](CCSC)NC(=O)[C@H](C(C)C)N1CCCNC1=O)C(=O)NCC(C)C. The van der Waals surface area contributed by atoms with E-state index in [1.165, 1.54) is 4.90 Å². The van der Waals surface area contributed by atoms with Crippen molar-refractivity contribution in [3.8, 4) is 0 Å². The molecule has 1 rings (SSSR count). The third-order valence-electron chi connectivity index (χ3n) is 8.05. The number of amides is 6. The number of aliphatic hydroxyl groups excluding tert-OH is 1. The maximum Gasteiger partial charge on any atom is 0.318 e. The molecular formula is C33H62N6O6S. The molecule has 6 amide bonds. The highest BCUT2D eigenvalue weighted by atomic mass is 32.2. The van der Waals surface area contributed by atoms with E-state index in [0.717, 1.165) is 12.8 Å². The molecule has 0 radical (unpaired) electrons. The lowest BCUT2D eigenvalue weighted by Crippen LogP contribution is -2.61. The van der Waals surface area contributed by atoms with Crippen LogP contribution in [0.15, 0.2) is 0 Å². The van der Waals surface area contributed by atoms with Gasteiger partial charge < -0.3 is 36.6 Å². The Morgan fingerprint density at radius 2 is 1.50 bits per heavy atom. The Morgan fingerprint density at radius 3 is 2.04 bits per heavy atom. The fourth-order valence-corrected chi connectivity index (χ4v) is 5.99. The number of rotatable bonds is 21. The molecule has 0 spiro atoms. The molecule has 0 bridgehead atoms. The summed E-state index contributed by atoms with van der Waals surface area (Å²) >= 11 is 1.55. The summed E-state index contributed by atoms with van der Waals surface area (Å²) in [6.45, 7) is 16.9. The number of carbonyl (C=O) groups excluding carboxylic acids is 5. The average Bonchev–Trinajstić information content (AvgIpc) is 2.97. The number of nitrogens with zero attached hydrogens (tertiary/aromatic N) is 1. The van der Waals surface area contributed by atoms with E-state index in [4.69, 9.17) is 0 Å². The molecule has 13 heteroatoms. The van der Waals surface area contributed by atoms with Crippen LogP contribution in [-0.2, 0) is 19.2 Å². The third-order valence-corrected chi connectivity index (χ3v) is 8.69. The van der Waals surface area contributed by atoms with Gasteiger partial charge in [0.1, 0.15) is 18.1 Å². The molecule has 266 valence electrons. The van der Waals surface area contributed by atoms with Crippen molar-refractivity contribution in [1.82, 2.24) is 31.5 Å². The summed E-state index contributed by atoms with van der Waals surface area (Å²) in [5.41, 5.74) is 0. The summed E-state index contributed by atoms with van der Waals surface area (Å²) in [7, 11) is 0. The smallest absolute Gasteiger partial charge is 0.318 e. The highest BCUT2D eigenvalue weighted by Crippen LogP contribution is 2.18. The zero-order valence-corrected chi connectivity index (χ0v) is 30.4. The van der Waals surface area contributed by atoms with Crippen LogP contribution < -0.4 is 26.6 Å². The minimum atomic E-state index is -1.04. The predicted molar refractivity (Wildman–Crippen MR) is 184 cm³/mol. The molecule has 0 aromatic rings. The van der Waals surface area contributed by atoms with Crippen molar-refractivity contribution < 1.29 is 29.1 Å². The molecular weight excluding hydrogens is 608 g/mol. The predicted octanol–water partition coefficient (Wildman–Crippen LogP) is 2.64. The minimum Gasteiger partial charge on any atom is -0.391 e. The largest absolute Gasteiger partial charge is 0.391 e. The van der Waals surface area contributed by atoms with E-state index in [1.807, 2.05) is 54.7 Å². The molecule has 6 atom stereocenters. The Morgan fingerprint density at radius 1 is 0.870 bits per heavy atom. The molecule has 0 aromatic carbocycles. The van der Waals surface area contributed by atoms with Crippen molar-refractivity contribution in [3.05, 3.63) is 0 Å². The van der Waals surface area contributed by atoms with Gasteiger partial charge in [0.05, 0.1) is 12.1 Å². The zero-order chi connectivity index (χ0) is 35.0. The number of thioether (sulfide) groups is 1. The van der Waals surface area contributed by atoms with E-state index >= 15 is 0 Å². The van der Waals surface area contributed by atoms with Crippen LogP contribution in [0.3, 0.4) is 0 Å². The second-order valence-electron chi connectivity index (χ2n) is 13.7. The molecule has 12 nitrogen and oxygen atoms in total. The molecule has 1 aliphatic rings. The first kappa shape index (κ1) is 41.5. The molecule has 1 aliphatic heterocycles. The van der Waals surface area contributed by atoms with Gasteiger partial charge in [-0.25, -0.2) is 4.79 Å². The van der Waals surface area contributed by atoms with Crippen molar-refractivity contribution in [2.24, 2.45) is 23.7 Å². The van der Waals surface area contributed by atoms with Gasteiger partial charge in [-0.2, -0.15) is 11.8 Å². The van der Waals surface area contributed by atoms with Crippen LogP contribution in [0.4, 0.5) is 4.79 Å². The number of nitrogens with one attached hydrogen (secondary N) is 5. The Balaban J connectivity index is 3.02.